The van der Waals surface area contributed by atoms with Crippen LogP contribution in [0.1, 0.15) is 26.1 Å². The maximum Gasteiger partial charge on any atom is 0.148 e. The van der Waals surface area contributed by atoms with Gasteiger partial charge < -0.3 is 5.32 Å². The Bertz CT molecular complexity index is 455. The summed E-state index contributed by atoms with van der Waals surface area (Å²) in [5.74, 6) is 0.957. The highest BCUT2D eigenvalue weighted by Crippen LogP contribution is 2.02. The van der Waals surface area contributed by atoms with Gasteiger partial charge in [-0.1, -0.05) is 6.92 Å². The molecule has 104 valence electrons. The average Bonchev–Trinajstić information content (AvgIpc) is 2.71. The zero-order valence-electron chi connectivity index (χ0n) is 11.3. The molecule has 0 saturated carbocycles. The Hall–Kier alpha value is -0.950. The van der Waals surface area contributed by atoms with E-state index in [2.05, 4.69) is 22.3 Å². The van der Waals surface area contributed by atoms with Gasteiger partial charge in [0.15, 0.2) is 0 Å². The molecule has 1 aromatic heterocycles. The Kier molecular flexibility index (Phi) is 5.74. The molecule has 1 N–H and O–H groups in total. The van der Waals surface area contributed by atoms with Gasteiger partial charge in [0.2, 0.25) is 0 Å². The van der Waals surface area contributed by atoms with Crippen LogP contribution in [-0.4, -0.2) is 47.8 Å². The first-order chi connectivity index (χ1) is 8.46. The lowest BCUT2D eigenvalue weighted by Crippen LogP contribution is -2.38. The highest BCUT2D eigenvalue weighted by Gasteiger charge is 2.17. The number of nitrogens with zero attached hydrogens (tertiary/aromatic N) is 3. The maximum absolute atomic E-state index is 11.4. The number of hydrogen-bond donors (Lipinski definition) is 1. The Morgan fingerprint density at radius 2 is 2.17 bits per heavy atom. The monoisotopic (exact) mass is 274 g/mol. The molecule has 1 rings (SSSR count). The number of rotatable bonds is 8. The van der Waals surface area contributed by atoms with E-state index in [0.29, 0.717) is 6.42 Å². The number of nitrogens with one attached hydrogen (secondary N) is 1. The van der Waals surface area contributed by atoms with E-state index in [0.717, 1.165) is 25.3 Å². The minimum Gasteiger partial charge on any atom is -0.313 e. The summed E-state index contributed by atoms with van der Waals surface area (Å²) >= 11 is 0. The summed E-state index contributed by atoms with van der Waals surface area (Å²) in [6.45, 7) is 5.59. The molecule has 0 spiro atoms. The molecule has 0 aliphatic heterocycles. The van der Waals surface area contributed by atoms with Crippen LogP contribution >= 0.6 is 0 Å². The second-order valence-electron chi connectivity index (χ2n) is 4.44. The number of aryl methyl sites for hydroxylation is 1. The van der Waals surface area contributed by atoms with Crippen molar-refractivity contribution in [2.24, 2.45) is 0 Å². The van der Waals surface area contributed by atoms with Gasteiger partial charge in [-0.25, -0.2) is 13.4 Å². The van der Waals surface area contributed by atoms with Gasteiger partial charge in [0.05, 0.1) is 5.75 Å². The van der Waals surface area contributed by atoms with Gasteiger partial charge in [-0.3, -0.25) is 4.68 Å². The molecule has 0 fully saturated rings. The molecule has 1 aromatic rings. The van der Waals surface area contributed by atoms with Crippen molar-refractivity contribution < 1.29 is 8.42 Å². The van der Waals surface area contributed by atoms with E-state index in [1.807, 2.05) is 6.92 Å². The maximum atomic E-state index is 11.4. The summed E-state index contributed by atoms with van der Waals surface area (Å²) in [6.07, 6.45) is 4.33. The third-order valence-electron chi connectivity index (χ3n) is 2.61. The van der Waals surface area contributed by atoms with Crippen molar-refractivity contribution >= 4 is 9.84 Å². The van der Waals surface area contributed by atoms with E-state index < -0.39 is 9.84 Å². The highest BCUT2D eigenvalue weighted by atomic mass is 32.2. The average molecular weight is 274 g/mol. The summed E-state index contributed by atoms with van der Waals surface area (Å²) in [4.78, 5) is 4.18. The molecule has 0 amide bonds. The minimum absolute atomic E-state index is 0.102. The van der Waals surface area contributed by atoms with Crippen molar-refractivity contribution in [3.63, 3.8) is 0 Å². The van der Waals surface area contributed by atoms with Crippen LogP contribution in [-0.2, 0) is 22.8 Å². The predicted molar refractivity (Wildman–Crippen MR) is 71.2 cm³/mol. The summed E-state index contributed by atoms with van der Waals surface area (Å²) < 4.78 is 24.6. The summed E-state index contributed by atoms with van der Waals surface area (Å²) in [5, 5.41) is 7.35. The fourth-order valence-corrected chi connectivity index (χ4v) is 2.80. The highest BCUT2D eigenvalue weighted by molar-refractivity contribution is 7.90. The normalized spacial score (nSPS) is 13.7. The van der Waals surface area contributed by atoms with Crippen LogP contribution in [0.15, 0.2) is 6.33 Å². The van der Waals surface area contributed by atoms with Crippen molar-refractivity contribution in [1.82, 2.24) is 20.1 Å². The second kappa shape index (κ2) is 6.84. The largest absolute Gasteiger partial charge is 0.313 e. The standard InChI is InChI=1S/C11H22N4O2S/c1-4-6-12-10(8-18(3,16)17)7-11-13-9-14-15(11)5-2/h9-10,12H,4-8H2,1-3H3. The van der Waals surface area contributed by atoms with E-state index in [9.17, 15) is 8.42 Å². The van der Waals surface area contributed by atoms with E-state index in [1.54, 1.807) is 4.68 Å². The van der Waals surface area contributed by atoms with Crippen molar-refractivity contribution in [2.45, 2.75) is 39.3 Å². The van der Waals surface area contributed by atoms with E-state index in [4.69, 9.17) is 0 Å². The van der Waals surface area contributed by atoms with Crippen LogP contribution in [0.4, 0.5) is 0 Å². The summed E-state index contributed by atoms with van der Waals surface area (Å²) in [7, 11) is -3.00. The Morgan fingerprint density at radius 1 is 1.44 bits per heavy atom. The molecule has 0 aromatic carbocycles. The first-order valence-corrected chi connectivity index (χ1v) is 8.30. The van der Waals surface area contributed by atoms with Gasteiger partial charge >= 0.3 is 0 Å². The molecule has 0 radical (unpaired) electrons. The van der Waals surface area contributed by atoms with Gasteiger partial charge in [0, 0.05) is 25.3 Å². The van der Waals surface area contributed by atoms with Crippen LogP contribution in [0.2, 0.25) is 0 Å². The fraction of sp³-hybridized carbons (Fsp3) is 0.818. The number of hydrogen-bond acceptors (Lipinski definition) is 5. The second-order valence-corrected chi connectivity index (χ2v) is 6.62. The SMILES string of the molecule is CCCNC(Cc1ncnn1CC)CS(C)(=O)=O. The van der Waals surface area contributed by atoms with Gasteiger partial charge in [-0.2, -0.15) is 5.10 Å². The van der Waals surface area contributed by atoms with Gasteiger partial charge in [-0.15, -0.1) is 0 Å². The van der Waals surface area contributed by atoms with E-state index in [-0.39, 0.29) is 11.8 Å². The van der Waals surface area contributed by atoms with Crippen LogP contribution in [0.3, 0.4) is 0 Å². The van der Waals surface area contributed by atoms with Crippen LogP contribution in [0.25, 0.3) is 0 Å². The Labute approximate surface area is 109 Å². The van der Waals surface area contributed by atoms with Gasteiger partial charge in [0.25, 0.3) is 0 Å². The molecule has 0 aliphatic carbocycles. The molecule has 7 heteroatoms. The van der Waals surface area contributed by atoms with E-state index >= 15 is 0 Å². The predicted octanol–water partition coefficient (Wildman–Crippen LogP) is 0.253. The lowest BCUT2D eigenvalue weighted by Gasteiger charge is -2.17. The molecular formula is C11H22N4O2S. The summed E-state index contributed by atoms with van der Waals surface area (Å²) in [6, 6.07) is -0.102. The zero-order valence-corrected chi connectivity index (χ0v) is 12.1. The molecule has 1 unspecified atom stereocenters. The van der Waals surface area contributed by atoms with E-state index in [1.165, 1.54) is 12.6 Å². The van der Waals surface area contributed by atoms with Crippen molar-refractivity contribution in [3.8, 4) is 0 Å². The fourth-order valence-electron chi connectivity index (χ4n) is 1.83. The Morgan fingerprint density at radius 3 is 2.72 bits per heavy atom. The first kappa shape index (κ1) is 15.1. The molecule has 0 aliphatic rings. The number of sulfone groups is 1. The van der Waals surface area contributed by atoms with Crippen LogP contribution in [0, 0.1) is 0 Å². The van der Waals surface area contributed by atoms with Crippen LogP contribution in [0.5, 0.6) is 0 Å². The molecule has 0 bridgehead atoms. The lowest BCUT2D eigenvalue weighted by molar-refractivity contribution is 0.502. The smallest absolute Gasteiger partial charge is 0.148 e. The molecule has 1 atom stereocenters. The van der Waals surface area contributed by atoms with Gasteiger partial charge in [0.1, 0.15) is 22.0 Å². The number of aromatic nitrogens is 3. The van der Waals surface area contributed by atoms with Crippen molar-refractivity contribution in [3.05, 3.63) is 12.2 Å². The minimum atomic E-state index is -3.00. The van der Waals surface area contributed by atoms with Crippen LogP contribution < -0.4 is 5.32 Å². The molecule has 6 nitrogen and oxygen atoms in total. The summed E-state index contributed by atoms with van der Waals surface area (Å²) in [5.41, 5.74) is 0. The van der Waals surface area contributed by atoms with Crippen molar-refractivity contribution in [2.75, 3.05) is 18.6 Å². The third-order valence-corrected chi connectivity index (χ3v) is 3.62. The zero-order chi connectivity index (χ0) is 13.6. The quantitative estimate of drug-likeness (QED) is 0.735. The third kappa shape index (κ3) is 5.14. The molecular weight excluding hydrogens is 252 g/mol. The lowest BCUT2D eigenvalue weighted by atomic mass is 10.2. The molecule has 18 heavy (non-hydrogen) atoms. The van der Waals surface area contributed by atoms with Crippen molar-refractivity contribution in [1.29, 1.82) is 0 Å². The topological polar surface area (TPSA) is 76.9 Å². The first-order valence-electron chi connectivity index (χ1n) is 6.24. The Balaban J connectivity index is 2.71. The molecule has 1 heterocycles. The van der Waals surface area contributed by atoms with Gasteiger partial charge in [-0.05, 0) is 19.9 Å². The molecule has 0 saturated heterocycles.